The van der Waals surface area contributed by atoms with E-state index in [1.54, 1.807) is 0 Å². The van der Waals surface area contributed by atoms with Crippen molar-refractivity contribution >= 4 is 17.8 Å². The van der Waals surface area contributed by atoms with Gasteiger partial charge in [0, 0.05) is 6.20 Å². The average Bonchev–Trinajstić information content (AvgIpc) is 1.99. The molecule has 4 N–H and O–H groups in total. The fourth-order valence-electron chi connectivity index (χ4n) is 0.680. The number of aromatic amines is 1. The van der Waals surface area contributed by atoms with Crippen molar-refractivity contribution in [2.45, 2.75) is 0 Å². The molecule has 5 heteroatoms. The van der Waals surface area contributed by atoms with Crippen LogP contribution in [-0.4, -0.2) is 11.4 Å². The van der Waals surface area contributed by atoms with Crippen LogP contribution in [0.1, 0.15) is 0 Å². The van der Waals surface area contributed by atoms with Gasteiger partial charge in [0.15, 0.2) is 0 Å². The maximum absolute atomic E-state index is 10.8. The first-order chi connectivity index (χ1) is 5.25. The molecule has 58 valence electrons. The number of nitrogens with one attached hydrogen (secondary N) is 2. The number of aromatic nitrogens is 1. The van der Waals surface area contributed by atoms with Gasteiger partial charge in [0.1, 0.15) is 5.69 Å². The molecule has 0 saturated heterocycles. The summed E-state index contributed by atoms with van der Waals surface area (Å²) in [7, 11) is 0. The van der Waals surface area contributed by atoms with Crippen LogP contribution in [0, 0.1) is 0 Å². The fourth-order valence-corrected chi connectivity index (χ4v) is 0.680. The minimum atomic E-state index is -0.406. The van der Waals surface area contributed by atoms with Crippen molar-refractivity contribution in [1.82, 2.24) is 4.98 Å². The topological polar surface area (TPSA) is 88.0 Å². The fraction of sp³-hybridized carbons (Fsp3) is 0. The SMILES string of the molecule is Nc1c(NC=O)cc[nH]c1=O. The zero-order chi connectivity index (χ0) is 8.27. The summed E-state index contributed by atoms with van der Waals surface area (Å²) in [6, 6.07) is 1.51. The van der Waals surface area contributed by atoms with Crippen LogP contribution in [-0.2, 0) is 4.79 Å². The van der Waals surface area contributed by atoms with Gasteiger partial charge in [-0.05, 0) is 6.07 Å². The molecule has 0 radical (unpaired) electrons. The van der Waals surface area contributed by atoms with Gasteiger partial charge in [0.25, 0.3) is 5.56 Å². The van der Waals surface area contributed by atoms with Crippen molar-refractivity contribution < 1.29 is 4.79 Å². The summed E-state index contributed by atoms with van der Waals surface area (Å²) in [6.45, 7) is 0. The number of rotatable bonds is 2. The smallest absolute Gasteiger partial charge is 0.273 e. The first-order valence-corrected chi connectivity index (χ1v) is 2.93. The zero-order valence-electron chi connectivity index (χ0n) is 5.63. The monoisotopic (exact) mass is 153 g/mol. The number of nitrogens with two attached hydrogens (primary N) is 1. The second-order valence-corrected chi connectivity index (χ2v) is 1.90. The Bertz CT molecular complexity index is 318. The third-order valence-corrected chi connectivity index (χ3v) is 1.21. The van der Waals surface area contributed by atoms with Gasteiger partial charge in [-0.1, -0.05) is 0 Å². The van der Waals surface area contributed by atoms with E-state index in [1.807, 2.05) is 0 Å². The zero-order valence-corrected chi connectivity index (χ0v) is 5.63. The number of amides is 1. The van der Waals surface area contributed by atoms with E-state index in [2.05, 4.69) is 10.3 Å². The molecule has 0 spiro atoms. The number of nitrogen functional groups attached to an aromatic ring is 1. The first-order valence-electron chi connectivity index (χ1n) is 2.93. The normalized spacial score (nSPS) is 9.09. The summed E-state index contributed by atoms with van der Waals surface area (Å²) in [5, 5.41) is 2.29. The molecule has 0 atom stereocenters. The van der Waals surface area contributed by atoms with Gasteiger partial charge in [0.2, 0.25) is 6.41 Å². The highest BCUT2D eigenvalue weighted by molar-refractivity contribution is 5.78. The van der Waals surface area contributed by atoms with Crippen molar-refractivity contribution in [2.24, 2.45) is 0 Å². The van der Waals surface area contributed by atoms with Crippen molar-refractivity contribution in [2.75, 3.05) is 11.1 Å². The minimum absolute atomic E-state index is 0.0135. The molecule has 0 aliphatic heterocycles. The molecular weight excluding hydrogens is 146 g/mol. The van der Waals surface area contributed by atoms with Crippen LogP contribution in [0.3, 0.4) is 0 Å². The summed E-state index contributed by atoms with van der Waals surface area (Å²) >= 11 is 0. The second kappa shape index (κ2) is 2.87. The van der Waals surface area contributed by atoms with Crippen LogP contribution in [0.5, 0.6) is 0 Å². The van der Waals surface area contributed by atoms with Crippen molar-refractivity contribution in [3.05, 3.63) is 22.6 Å². The van der Waals surface area contributed by atoms with Gasteiger partial charge in [-0.2, -0.15) is 0 Å². The Morgan fingerprint density at radius 2 is 2.36 bits per heavy atom. The van der Waals surface area contributed by atoms with Gasteiger partial charge in [-0.3, -0.25) is 9.59 Å². The number of carbonyl (C=O) groups excluding carboxylic acids is 1. The highest BCUT2D eigenvalue weighted by Gasteiger charge is 1.99. The number of anilines is 2. The summed E-state index contributed by atoms with van der Waals surface area (Å²) in [5.41, 5.74) is 5.23. The molecule has 0 unspecified atom stereocenters. The highest BCUT2D eigenvalue weighted by Crippen LogP contribution is 2.08. The van der Waals surface area contributed by atoms with E-state index in [4.69, 9.17) is 5.73 Å². The van der Waals surface area contributed by atoms with Crippen LogP contribution in [0.25, 0.3) is 0 Å². The largest absolute Gasteiger partial charge is 0.393 e. The maximum atomic E-state index is 10.8. The molecule has 11 heavy (non-hydrogen) atoms. The summed E-state index contributed by atoms with van der Waals surface area (Å²) in [5.74, 6) is 0. The summed E-state index contributed by atoms with van der Waals surface area (Å²) in [6.07, 6.45) is 1.87. The predicted molar refractivity (Wildman–Crippen MR) is 41.2 cm³/mol. The standard InChI is InChI=1S/C6H7N3O2/c7-5-4(9-3-10)1-2-8-6(5)11/h1-3H,7H2,(H2,8,9,10,11). The highest BCUT2D eigenvalue weighted by atomic mass is 16.1. The molecule has 1 amide bonds. The van der Waals surface area contributed by atoms with Crippen LogP contribution < -0.4 is 16.6 Å². The number of pyridine rings is 1. The Hall–Kier alpha value is -1.78. The van der Waals surface area contributed by atoms with Crippen LogP contribution in [0.4, 0.5) is 11.4 Å². The van der Waals surface area contributed by atoms with E-state index in [0.717, 1.165) is 0 Å². The molecule has 0 fully saturated rings. The lowest BCUT2D eigenvalue weighted by molar-refractivity contribution is -0.105. The van der Waals surface area contributed by atoms with E-state index in [-0.39, 0.29) is 5.69 Å². The van der Waals surface area contributed by atoms with Crippen LogP contribution in [0.15, 0.2) is 17.1 Å². The van der Waals surface area contributed by atoms with E-state index in [9.17, 15) is 9.59 Å². The van der Waals surface area contributed by atoms with Gasteiger partial charge in [-0.15, -0.1) is 0 Å². The Kier molecular flexibility index (Phi) is 1.91. The quantitative estimate of drug-likeness (QED) is 0.501. The Morgan fingerprint density at radius 1 is 1.64 bits per heavy atom. The molecule has 1 aromatic heterocycles. The number of hydrogen-bond donors (Lipinski definition) is 3. The molecule has 1 aromatic rings. The summed E-state index contributed by atoms with van der Waals surface area (Å²) < 4.78 is 0. The van der Waals surface area contributed by atoms with Gasteiger partial charge >= 0.3 is 0 Å². The predicted octanol–water partition coefficient (Wildman–Crippen LogP) is -0.475. The van der Waals surface area contributed by atoms with E-state index in [0.29, 0.717) is 12.1 Å². The third-order valence-electron chi connectivity index (χ3n) is 1.21. The van der Waals surface area contributed by atoms with Crippen LogP contribution >= 0.6 is 0 Å². The molecule has 0 aliphatic rings. The average molecular weight is 153 g/mol. The molecule has 0 aromatic carbocycles. The maximum Gasteiger partial charge on any atom is 0.273 e. The molecule has 1 rings (SSSR count). The molecule has 0 bridgehead atoms. The van der Waals surface area contributed by atoms with Gasteiger partial charge < -0.3 is 16.0 Å². The molecule has 1 heterocycles. The lowest BCUT2D eigenvalue weighted by Crippen LogP contribution is -2.13. The molecule has 0 saturated carbocycles. The van der Waals surface area contributed by atoms with E-state index < -0.39 is 5.56 Å². The first kappa shape index (κ1) is 7.33. The van der Waals surface area contributed by atoms with E-state index >= 15 is 0 Å². The number of carbonyl (C=O) groups is 1. The number of H-pyrrole nitrogens is 1. The van der Waals surface area contributed by atoms with Crippen molar-refractivity contribution in [1.29, 1.82) is 0 Å². The lowest BCUT2D eigenvalue weighted by atomic mass is 10.3. The van der Waals surface area contributed by atoms with Crippen LogP contribution in [0.2, 0.25) is 0 Å². The second-order valence-electron chi connectivity index (χ2n) is 1.90. The molecule has 0 aliphatic carbocycles. The van der Waals surface area contributed by atoms with Crippen molar-refractivity contribution in [3.63, 3.8) is 0 Å². The minimum Gasteiger partial charge on any atom is -0.393 e. The Morgan fingerprint density at radius 3 is 3.00 bits per heavy atom. The molecular formula is C6H7N3O2. The Balaban J connectivity index is 3.16. The summed E-state index contributed by atoms with van der Waals surface area (Å²) in [4.78, 5) is 23.1. The van der Waals surface area contributed by atoms with Gasteiger partial charge in [-0.25, -0.2) is 0 Å². The van der Waals surface area contributed by atoms with Crippen molar-refractivity contribution in [3.8, 4) is 0 Å². The lowest BCUT2D eigenvalue weighted by Gasteiger charge is -1.99. The van der Waals surface area contributed by atoms with Gasteiger partial charge in [0.05, 0.1) is 5.69 Å². The Labute approximate surface area is 62.2 Å². The van der Waals surface area contributed by atoms with E-state index in [1.165, 1.54) is 12.3 Å². The molecule has 5 nitrogen and oxygen atoms in total. The number of hydrogen-bond acceptors (Lipinski definition) is 3. The third kappa shape index (κ3) is 1.37.